The van der Waals surface area contributed by atoms with E-state index in [4.69, 9.17) is 36.2 Å². The number of aromatic nitrogens is 3. The predicted octanol–water partition coefficient (Wildman–Crippen LogP) is 1.16. The number of anilines is 1. The third-order valence-corrected chi connectivity index (χ3v) is 8.96. The van der Waals surface area contributed by atoms with E-state index in [0.717, 1.165) is 38.8 Å². The van der Waals surface area contributed by atoms with Gasteiger partial charge in [-0.15, -0.1) is 0 Å². The van der Waals surface area contributed by atoms with Gasteiger partial charge >= 0.3 is 19.6 Å². The van der Waals surface area contributed by atoms with Crippen molar-refractivity contribution in [2.45, 2.75) is 103 Å². The molecule has 1 saturated heterocycles. The van der Waals surface area contributed by atoms with Gasteiger partial charge in [-0.25, -0.2) is 20.5 Å². The summed E-state index contributed by atoms with van der Waals surface area (Å²) in [6.07, 6.45) is 1.25. The molecule has 0 saturated carbocycles. The van der Waals surface area contributed by atoms with Crippen LogP contribution in [-0.2, 0) is 29.0 Å². The highest BCUT2D eigenvalue weighted by atomic mass is 31.2. The van der Waals surface area contributed by atoms with Gasteiger partial charge in [0.2, 0.25) is 5.60 Å². The van der Waals surface area contributed by atoms with E-state index in [0.29, 0.717) is 17.4 Å². The van der Waals surface area contributed by atoms with E-state index < -0.39 is 62.2 Å². The Balaban J connectivity index is 0.000000421. The molecular weight excluding hydrogens is 661 g/mol. The number of nitrogens with one attached hydrogen (secondary N) is 2. The van der Waals surface area contributed by atoms with E-state index in [9.17, 15) is 29.6 Å². The molecule has 0 bridgehead atoms. The predicted molar refractivity (Wildman–Crippen MR) is 182 cm³/mol. The number of carbonyl (C=O) groups is 2. The molecule has 0 spiro atoms. The number of hydrogen-bond donors (Lipinski definition) is 9. The minimum absolute atomic E-state index is 0.136. The molecule has 0 aromatic carbocycles. The van der Waals surface area contributed by atoms with Crippen LogP contribution in [0.4, 0.5) is 5.82 Å². The van der Waals surface area contributed by atoms with Crippen LogP contribution in [0.25, 0.3) is 5.52 Å². The Morgan fingerprint density at radius 3 is 1.94 bits per heavy atom. The first kappa shape index (κ1) is 43.8. The SMILES string of the molecule is CCC(CC)CN[C@@H](C)C(=O)O.CCC(CC)CN[C@@H](C)C(=O)O.N#C[C@]1(c2ccc3c(N)ncnn23)O[C@H](COP(N)(N)=O)[C@@H](O)[C@H]1O. The molecule has 0 aliphatic carbocycles. The van der Waals surface area contributed by atoms with Crippen molar-refractivity contribution < 1.29 is 43.8 Å². The summed E-state index contributed by atoms with van der Waals surface area (Å²) >= 11 is 0. The van der Waals surface area contributed by atoms with Gasteiger partial charge < -0.3 is 46.1 Å². The Bertz CT molecular complexity index is 1380. The van der Waals surface area contributed by atoms with Crippen LogP contribution in [0.3, 0.4) is 0 Å². The zero-order valence-electron chi connectivity index (χ0n) is 29.0. The number of aliphatic carboxylic acids is 2. The molecule has 2 aromatic rings. The number of hydrogen-bond acceptors (Lipinski definition) is 13. The van der Waals surface area contributed by atoms with Crippen LogP contribution in [0, 0.1) is 23.2 Å². The highest BCUT2D eigenvalue weighted by molar-refractivity contribution is 7.53. The van der Waals surface area contributed by atoms with Crippen LogP contribution < -0.4 is 27.4 Å². The van der Waals surface area contributed by atoms with Crippen molar-refractivity contribution in [1.82, 2.24) is 25.2 Å². The lowest BCUT2D eigenvalue weighted by molar-refractivity contribution is -0.140. The van der Waals surface area contributed by atoms with E-state index in [1.165, 1.54) is 16.9 Å². The van der Waals surface area contributed by atoms with Crippen LogP contribution >= 0.6 is 7.67 Å². The number of nitrogens with two attached hydrogens (primary N) is 3. The molecule has 3 heterocycles. The monoisotopic (exact) mass is 715 g/mol. The first-order valence-electron chi connectivity index (χ1n) is 16.2. The van der Waals surface area contributed by atoms with Gasteiger partial charge in [-0.2, -0.15) is 10.4 Å². The number of rotatable bonds is 16. The molecule has 19 heteroatoms. The van der Waals surface area contributed by atoms with Gasteiger partial charge in [0.05, 0.1) is 12.3 Å². The maximum atomic E-state index is 11.3. The molecule has 278 valence electrons. The van der Waals surface area contributed by atoms with Crippen molar-refractivity contribution in [3.05, 3.63) is 24.2 Å². The zero-order chi connectivity index (χ0) is 37.5. The van der Waals surface area contributed by atoms with Gasteiger partial charge in [0.25, 0.3) is 0 Å². The van der Waals surface area contributed by atoms with E-state index in [2.05, 4.69) is 48.4 Å². The van der Waals surface area contributed by atoms with Crippen LogP contribution in [-0.4, -0.2) is 97.1 Å². The highest BCUT2D eigenvalue weighted by Crippen LogP contribution is 2.41. The van der Waals surface area contributed by atoms with Crippen molar-refractivity contribution in [3.63, 3.8) is 0 Å². The van der Waals surface area contributed by atoms with Crippen LogP contribution in [0.1, 0.15) is 72.9 Å². The number of ether oxygens (including phenoxy) is 1. The van der Waals surface area contributed by atoms with E-state index in [1.807, 2.05) is 6.07 Å². The number of aliphatic hydroxyl groups excluding tert-OH is 2. The van der Waals surface area contributed by atoms with Gasteiger partial charge in [0, 0.05) is 0 Å². The van der Waals surface area contributed by atoms with E-state index in [1.54, 1.807) is 19.9 Å². The van der Waals surface area contributed by atoms with Crippen molar-refractivity contribution >= 4 is 30.9 Å². The molecule has 0 radical (unpaired) electrons. The highest BCUT2D eigenvalue weighted by Gasteiger charge is 2.57. The fourth-order valence-electron chi connectivity index (χ4n) is 4.76. The first-order valence-corrected chi connectivity index (χ1v) is 18.0. The standard InChI is InChI=1S/C12H16N7O5P.2C9H19NO2/c13-4-12(8-2-1-6-11(14)17-5-18-19(6)8)10(21)9(20)7(24-12)3-23-25(15,16)22;2*1-4-8(5-2)6-10-7(3)9(11)12/h1-2,5,7,9-10,20-21H,3H2,(H2,14,17,18)(H4,15,16,22);2*7-8,10H,4-6H2,1-3H3,(H,11,12)/t7-,9-,10-,12-;2*7-/m100/s1. The van der Waals surface area contributed by atoms with Crippen molar-refractivity contribution in [3.8, 4) is 6.07 Å². The second-order valence-corrected chi connectivity index (χ2v) is 13.4. The van der Waals surface area contributed by atoms with Crippen LogP contribution in [0.15, 0.2) is 18.5 Å². The van der Waals surface area contributed by atoms with Gasteiger partial charge in [-0.1, -0.05) is 53.4 Å². The Hall–Kier alpha value is -3.24. The number of nitrogen functional groups attached to an aromatic ring is 1. The van der Waals surface area contributed by atoms with Crippen LogP contribution in [0.2, 0.25) is 0 Å². The van der Waals surface area contributed by atoms with E-state index in [-0.39, 0.29) is 11.5 Å². The Labute approximate surface area is 286 Å². The minimum atomic E-state index is -3.82. The van der Waals surface area contributed by atoms with Crippen LogP contribution in [0.5, 0.6) is 0 Å². The lowest BCUT2D eigenvalue weighted by Crippen LogP contribution is -2.41. The van der Waals surface area contributed by atoms with Crippen molar-refractivity contribution in [2.75, 3.05) is 25.4 Å². The number of carboxylic acid groups (broad SMARTS) is 2. The molecule has 1 aliphatic heterocycles. The summed E-state index contributed by atoms with van der Waals surface area (Å²) in [5.41, 5.74) is 14.5. The topological polar surface area (TPSA) is 307 Å². The number of fused-ring (bicyclic) bond motifs is 1. The fourth-order valence-corrected chi connectivity index (χ4v) is 5.14. The molecule has 2 aromatic heterocycles. The van der Waals surface area contributed by atoms with Gasteiger partial charge in [-0.3, -0.25) is 14.2 Å². The average molecular weight is 716 g/mol. The molecule has 0 unspecified atom stereocenters. The zero-order valence-corrected chi connectivity index (χ0v) is 29.9. The van der Waals surface area contributed by atoms with Gasteiger partial charge in [0.1, 0.15) is 48.3 Å². The quantitative estimate of drug-likeness (QED) is 0.110. The summed E-state index contributed by atoms with van der Waals surface area (Å²) in [5.74, 6) is -0.185. The van der Waals surface area contributed by atoms with E-state index >= 15 is 0 Å². The smallest absolute Gasteiger partial charge is 0.335 e. The molecular formula is C30H54N9O9P. The second kappa shape index (κ2) is 20.4. The largest absolute Gasteiger partial charge is 0.480 e. The number of aliphatic hydroxyl groups is 2. The molecule has 3 rings (SSSR count). The lowest BCUT2D eigenvalue weighted by Gasteiger charge is -2.24. The molecule has 6 atom stereocenters. The molecule has 1 aliphatic rings. The lowest BCUT2D eigenvalue weighted by atomic mass is 9.92. The average Bonchev–Trinajstić information content (AvgIpc) is 3.61. The summed E-state index contributed by atoms with van der Waals surface area (Å²) in [5, 5.41) is 57.4. The van der Waals surface area contributed by atoms with Crippen molar-refractivity contribution in [1.29, 1.82) is 5.26 Å². The van der Waals surface area contributed by atoms with Gasteiger partial charge in [0.15, 0.2) is 5.82 Å². The summed E-state index contributed by atoms with van der Waals surface area (Å²) in [6, 6.07) is 4.02. The Morgan fingerprint density at radius 1 is 1.04 bits per heavy atom. The second-order valence-electron chi connectivity index (χ2n) is 11.8. The third kappa shape index (κ3) is 12.9. The summed E-state index contributed by atoms with van der Waals surface area (Å²) in [6.45, 7) is 13.0. The maximum absolute atomic E-state index is 11.3. The number of nitriles is 1. The minimum Gasteiger partial charge on any atom is -0.480 e. The molecule has 0 amide bonds. The molecule has 12 N–H and O–H groups in total. The van der Waals surface area contributed by atoms with Crippen molar-refractivity contribution in [2.24, 2.45) is 22.8 Å². The first-order chi connectivity index (χ1) is 22.9. The summed E-state index contributed by atoms with van der Waals surface area (Å²) in [4.78, 5) is 24.7. The third-order valence-electron chi connectivity index (χ3n) is 8.40. The number of nitrogens with zero attached hydrogens (tertiary/aromatic N) is 4. The molecule has 49 heavy (non-hydrogen) atoms. The Morgan fingerprint density at radius 2 is 1.53 bits per heavy atom. The normalized spacial score (nSPS) is 21.7. The summed E-state index contributed by atoms with van der Waals surface area (Å²) in [7, 11) is -3.82. The molecule has 1 fully saturated rings. The fraction of sp³-hybridized carbons (Fsp3) is 0.700. The van der Waals surface area contributed by atoms with Gasteiger partial charge in [-0.05, 0) is 50.9 Å². The number of carboxylic acids is 2. The molecule has 18 nitrogen and oxygen atoms in total. The summed E-state index contributed by atoms with van der Waals surface area (Å²) < 4.78 is 22.9. The Kier molecular flexibility index (Phi) is 18.3. The maximum Gasteiger partial charge on any atom is 0.335 e.